The van der Waals surface area contributed by atoms with Crippen LogP contribution in [-0.2, 0) is 0 Å². The molecule has 0 unspecified atom stereocenters. The van der Waals surface area contributed by atoms with Crippen LogP contribution in [0.15, 0.2) is 12.1 Å². The van der Waals surface area contributed by atoms with Crippen molar-refractivity contribution in [3.05, 3.63) is 39.2 Å². The van der Waals surface area contributed by atoms with Crippen molar-refractivity contribution >= 4 is 11.6 Å². The van der Waals surface area contributed by atoms with Crippen molar-refractivity contribution in [3.63, 3.8) is 0 Å². The molecule has 2 rings (SSSR count). The number of rotatable bonds is 3. The van der Waals surface area contributed by atoms with Crippen molar-refractivity contribution in [2.75, 3.05) is 0 Å². The van der Waals surface area contributed by atoms with Gasteiger partial charge in [-0.1, -0.05) is 6.92 Å². The van der Waals surface area contributed by atoms with Crippen LogP contribution in [-0.4, -0.2) is 16.9 Å². The van der Waals surface area contributed by atoms with Gasteiger partial charge in [-0.3, -0.25) is 14.9 Å². The molecule has 0 heterocycles. The Bertz CT molecular complexity index is 566. The number of hydrogen-bond acceptors (Lipinski definition) is 3. The Labute approximate surface area is 122 Å². The molecule has 0 spiro atoms. The van der Waals surface area contributed by atoms with E-state index >= 15 is 0 Å². The molecule has 1 amide bonds. The molecule has 114 valence electrons. The Hall–Kier alpha value is -1.98. The minimum atomic E-state index is -0.692. The van der Waals surface area contributed by atoms with Gasteiger partial charge in [0.05, 0.1) is 10.5 Å². The maximum atomic E-state index is 14.0. The van der Waals surface area contributed by atoms with E-state index in [4.69, 9.17) is 0 Å². The molecule has 21 heavy (non-hydrogen) atoms. The molecule has 0 aromatic heterocycles. The van der Waals surface area contributed by atoms with E-state index < -0.39 is 16.6 Å². The molecule has 1 fully saturated rings. The summed E-state index contributed by atoms with van der Waals surface area (Å²) < 4.78 is 14.0. The average molecular weight is 294 g/mol. The van der Waals surface area contributed by atoms with E-state index in [9.17, 15) is 19.3 Å². The van der Waals surface area contributed by atoms with Crippen molar-refractivity contribution in [2.45, 2.75) is 45.6 Å². The summed E-state index contributed by atoms with van der Waals surface area (Å²) in [7, 11) is 0. The average Bonchev–Trinajstić information content (AvgIpc) is 2.43. The predicted octanol–water partition coefficient (Wildman–Crippen LogP) is 3.35. The number of nitrogens with one attached hydrogen (secondary N) is 1. The van der Waals surface area contributed by atoms with Crippen molar-refractivity contribution in [2.24, 2.45) is 5.92 Å². The summed E-state index contributed by atoms with van der Waals surface area (Å²) in [5, 5.41) is 13.6. The van der Waals surface area contributed by atoms with Crippen LogP contribution in [0.4, 0.5) is 10.1 Å². The fourth-order valence-corrected chi connectivity index (χ4v) is 2.69. The normalized spacial score (nSPS) is 21.9. The molecule has 0 bridgehead atoms. The minimum absolute atomic E-state index is 0.0210. The molecule has 0 radical (unpaired) electrons. The van der Waals surface area contributed by atoms with Crippen LogP contribution in [0, 0.1) is 28.8 Å². The molecule has 1 aromatic rings. The highest BCUT2D eigenvalue weighted by molar-refractivity contribution is 5.95. The third-order valence-electron chi connectivity index (χ3n) is 4.05. The number of carbonyl (C=O) groups is 1. The number of nitrogens with zero attached hydrogens (tertiary/aromatic N) is 1. The molecule has 1 aliphatic rings. The monoisotopic (exact) mass is 294 g/mol. The third-order valence-corrected chi connectivity index (χ3v) is 4.05. The van der Waals surface area contributed by atoms with Crippen molar-refractivity contribution < 1.29 is 14.1 Å². The van der Waals surface area contributed by atoms with Gasteiger partial charge in [-0.15, -0.1) is 0 Å². The molecule has 1 saturated carbocycles. The number of carbonyl (C=O) groups excluding carboxylic acids is 1. The van der Waals surface area contributed by atoms with Crippen LogP contribution in [0.5, 0.6) is 0 Å². The zero-order valence-corrected chi connectivity index (χ0v) is 12.2. The standard InChI is InChI=1S/C15H19FN2O3/c1-9-3-5-11(6-4-9)17-15(19)13-8-12(18(20)21)7-10(2)14(13)16/h7-9,11H,3-6H2,1-2H3,(H,17,19). The number of nitro benzene ring substituents is 1. The maximum absolute atomic E-state index is 14.0. The Morgan fingerprint density at radius 2 is 1.95 bits per heavy atom. The number of benzene rings is 1. The molecule has 0 aliphatic heterocycles. The Morgan fingerprint density at radius 1 is 1.33 bits per heavy atom. The number of non-ortho nitro benzene ring substituents is 1. The summed E-state index contributed by atoms with van der Waals surface area (Å²) in [6, 6.07) is 2.16. The van der Waals surface area contributed by atoms with E-state index in [0.717, 1.165) is 37.8 Å². The Morgan fingerprint density at radius 3 is 2.52 bits per heavy atom. The van der Waals surface area contributed by atoms with Gasteiger partial charge in [-0.2, -0.15) is 0 Å². The van der Waals surface area contributed by atoms with Crippen molar-refractivity contribution in [1.29, 1.82) is 0 Å². The van der Waals surface area contributed by atoms with Gasteiger partial charge in [0, 0.05) is 18.2 Å². The molecule has 0 saturated heterocycles. The zero-order valence-electron chi connectivity index (χ0n) is 12.2. The van der Waals surface area contributed by atoms with E-state index in [-0.39, 0.29) is 22.9 Å². The first-order chi connectivity index (χ1) is 9.88. The SMILES string of the molecule is Cc1cc([N+](=O)[O-])cc(C(=O)NC2CCC(C)CC2)c1F. The lowest BCUT2D eigenvalue weighted by molar-refractivity contribution is -0.385. The second-order valence-corrected chi connectivity index (χ2v) is 5.81. The van der Waals surface area contributed by atoms with Crippen LogP contribution in [0.1, 0.15) is 48.5 Å². The molecule has 1 N–H and O–H groups in total. The van der Waals surface area contributed by atoms with Crippen molar-refractivity contribution in [1.82, 2.24) is 5.32 Å². The first-order valence-corrected chi connectivity index (χ1v) is 7.14. The summed E-state index contributed by atoms with van der Waals surface area (Å²) in [4.78, 5) is 22.4. The zero-order chi connectivity index (χ0) is 15.6. The third kappa shape index (κ3) is 3.56. The number of hydrogen-bond donors (Lipinski definition) is 1. The van der Waals surface area contributed by atoms with Gasteiger partial charge in [0.15, 0.2) is 0 Å². The van der Waals surface area contributed by atoms with Crippen LogP contribution < -0.4 is 5.32 Å². The number of aryl methyl sites for hydroxylation is 1. The molecule has 1 aromatic carbocycles. The van der Waals surface area contributed by atoms with Gasteiger partial charge in [-0.25, -0.2) is 4.39 Å². The van der Waals surface area contributed by atoms with E-state index in [1.54, 1.807) is 0 Å². The first kappa shape index (κ1) is 15.4. The molecule has 6 heteroatoms. The Balaban J connectivity index is 2.17. The fourth-order valence-electron chi connectivity index (χ4n) is 2.69. The highest BCUT2D eigenvalue weighted by atomic mass is 19.1. The van der Waals surface area contributed by atoms with E-state index in [1.807, 2.05) is 0 Å². The second-order valence-electron chi connectivity index (χ2n) is 5.81. The fraction of sp³-hybridized carbons (Fsp3) is 0.533. The molecular weight excluding hydrogens is 275 g/mol. The predicted molar refractivity (Wildman–Crippen MR) is 76.7 cm³/mol. The highest BCUT2D eigenvalue weighted by Gasteiger charge is 2.24. The largest absolute Gasteiger partial charge is 0.349 e. The summed E-state index contributed by atoms with van der Waals surface area (Å²) in [5.41, 5.74) is -0.414. The van der Waals surface area contributed by atoms with Crippen molar-refractivity contribution in [3.8, 4) is 0 Å². The molecular formula is C15H19FN2O3. The topological polar surface area (TPSA) is 72.2 Å². The van der Waals surface area contributed by atoms with Gasteiger partial charge in [0.1, 0.15) is 5.82 Å². The number of amides is 1. The minimum Gasteiger partial charge on any atom is -0.349 e. The first-order valence-electron chi connectivity index (χ1n) is 7.14. The maximum Gasteiger partial charge on any atom is 0.270 e. The van der Waals surface area contributed by atoms with Crippen LogP contribution in [0.2, 0.25) is 0 Å². The summed E-state index contributed by atoms with van der Waals surface area (Å²) >= 11 is 0. The van der Waals surface area contributed by atoms with Gasteiger partial charge >= 0.3 is 0 Å². The number of nitro groups is 1. The Kier molecular flexibility index (Phi) is 4.55. The molecule has 0 atom stereocenters. The van der Waals surface area contributed by atoms with E-state index in [1.165, 1.54) is 6.92 Å². The van der Waals surface area contributed by atoms with Gasteiger partial charge in [-0.05, 0) is 44.1 Å². The van der Waals surface area contributed by atoms with Crippen LogP contribution in [0.25, 0.3) is 0 Å². The lowest BCUT2D eigenvalue weighted by atomic mass is 9.87. The quantitative estimate of drug-likeness (QED) is 0.686. The van der Waals surface area contributed by atoms with Gasteiger partial charge < -0.3 is 5.32 Å². The van der Waals surface area contributed by atoms with Gasteiger partial charge in [0.25, 0.3) is 11.6 Å². The lowest BCUT2D eigenvalue weighted by Crippen LogP contribution is -2.37. The summed E-state index contributed by atoms with van der Waals surface area (Å²) in [6.45, 7) is 3.59. The lowest BCUT2D eigenvalue weighted by Gasteiger charge is -2.27. The van der Waals surface area contributed by atoms with Gasteiger partial charge in [0.2, 0.25) is 0 Å². The summed E-state index contributed by atoms with van der Waals surface area (Å²) in [5.74, 6) is -0.615. The van der Waals surface area contributed by atoms with Crippen LogP contribution >= 0.6 is 0 Å². The molecule has 1 aliphatic carbocycles. The number of halogens is 1. The van der Waals surface area contributed by atoms with Crippen LogP contribution in [0.3, 0.4) is 0 Å². The highest BCUT2D eigenvalue weighted by Crippen LogP contribution is 2.25. The second kappa shape index (κ2) is 6.20. The van der Waals surface area contributed by atoms with E-state index in [0.29, 0.717) is 5.92 Å². The summed E-state index contributed by atoms with van der Waals surface area (Å²) in [6.07, 6.45) is 3.79. The molecule has 5 nitrogen and oxygen atoms in total. The smallest absolute Gasteiger partial charge is 0.270 e. The van der Waals surface area contributed by atoms with E-state index in [2.05, 4.69) is 12.2 Å².